The average molecular weight is 698 g/mol. The van der Waals surface area contributed by atoms with E-state index >= 15 is 0 Å². The number of carbonyl (C=O) groups excluding carboxylic acids is 3. The molecule has 1 aromatic carbocycles. The Morgan fingerprint density at radius 2 is 1.92 bits per heavy atom. The molecule has 2 spiro atoms. The van der Waals surface area contributed by atoms with Crippen molar-refractivity contribution in [2.45, 2.75) is 107 Å². The van der Waals surface area contributed by atoms with Crippen LogP contribution in [-0.4, -0.2) is 120 Å². The van der Waals surface area contributed by atoms with Crippen molar-refractivity contribution in [1.29, 1.82) is 0 Å². The molecule has 8 rings (SSSR count). The van der Waals surface area contributed by atoms with Crippen molar-refractivity contribution < 1.29 is 48.1 Å². The topological polar surface area (TPSA) is 164 Å². The standard InChI is InChI=1S/C37H52N4O9/c1-21(42)39-24(18-28(43)44)31(45)38-14-15-40(4)33(46)49-25-10-9-23-17-27-35-11-12-37(48-6,26(19-35)34(2,3)47)32-36(35,29(23)30(25)50-32)13-16-41(27,5)20-22-7-8-22/h9-10,22,24,26-27,32,47H,7-8,11-20H2,1-6H3,(H2-,38,39,42,43,44,45)/p+1/t24-,26+,27-,32+,35+,36-,37+,41?/m0/s1. The van der Waals surface area contributed by atoms with Crippen LogP contribution in [0.1, 0.15) is 76.8 Å². The fraction of sp³-hybridized carbons (Fsp3) is 0.730. The number of benzene rings is 1. The first-order valence-corrected chi connectivity index (χ1v) is 18.2. The van der Waals surface area contributed by atoms with Crippen LogP contribution >= 0.6 is 0 Å². The first-order chi connectivity index (χ1) is 23.5. The van der Waals surface area contributed by atoms with Crippen molar-refractivity contribution in [2.75, 3.05) is 47.4 Å². The molecule has 0 aromatic heterocycles. The number of methoxy groups -OCH3 is 1. The third-order valence-electron chi connectivity index (χ3n) is 13.5. The summed E-state index contributed by atoms with van der Waals surface area (Å²) in [5.74, 6) is -0.793. The number of nitrogens with one attached hydrogen (secondary N) is 2. The molecule has 7 aliphatic rings. The molecule has 2 heterocycles. The van der Waals surface area contributed by atoms with Gasteiger partial charge in [0.1, 0.15) is 17.7 Å². The fourth-order valence-corrected chi connectivity index (χ4v) is 11.4. The predicted molar refractivity (Wildman–Crippen MR) is 181 cm³/mol. The van der Waals surface area contributed by atoms with Crippen molar-refractivity contribution in [3.05, 3.63) is 23.3 Å². The molecular formula is C37H53N4O9+. The van der Waals surface area contributed by atoms with E-state index in [1.54, 1.807) is 14.2 Å². The lowest BCUT2D eigenvalue weighted by molar-refractivity contribution is -0.952. The van der Waals surface area contributed by atoms with E-state index in [0.717, 1.165) is 54.6 Å². The van der Waals surface area contributed by atoms with Gasteiger partial charge in [0.15, 0.2) is 11.5 Å². The molecule has 13 heteroatoms. The van der Waals surface area contributed by atoms with Crippen LogP contribution in [0.4, 0.5) is 4.79 Å². The maximum atomic E-state index is 13.5. The molecule has 4 saturated carbocycles. The first kappa shape index (κ1) is 35.0. The highest BCUT2D eigenvalue weighted by Gasteiger charge is 2.84. The molecule has 4 N–H and O–H groups in total. The molecule has 50 heavy (non-hydrogen) atoms. The van der Waals surface area contributed by atoms with Crippen molar-refractivity contribution in [3.63, 3.8) is 0 Å². The molecule has 8 atom stereocenters. The quantitative estimate of drug-likeness (QED) is 0.240. The number of aliphatic carboxylic acids is 1. The minimum absolute atomic E-state index is 0.0232. The van der Waals surface area contributed by atoms with Gasteiger partial charge in [0.05, 0.1) is 43.6 Å². The average Bonchev–Trinajstić information content (AvgIpc) is 3.77. The molecule has 13 nitrogen and oxygen atoms in total. The second-order valence-corrected chi connectivity index (χ2v) is 16.9. The lowest BCUT2D eigenvalue weighted by Gasteiger charge is -2.75. The highest BCUT2D eigenvalue weighted by atomic mass is 16.6. The van der Waals surface area contributed by atoms with Gasteiger partial charge in [-0.2, -0.15) is 0 Å². The lowest BCUT2D eigenvalue weighted by Crippen LogP contribution is -2.84. The van der Waals surface area contributed by atoms with E-state index < -0.39 is 47.5 Å². The number of aliphatic hydroxyl groups is 1. The minimum Gasteiger partial charge on any atom is -0.482 e. The number of carbonyl (C=O) groups is 4. The molecule has 1 aromatic rings. The molecule has 1 unspecified atom stereocenters. The predicted octanol–water partition coefficient (Wildman–Crippen LogP) is 2.35. The molecule has 2 aliphatic heterocycles. The molecule has 274 valence electrons. The van der Waals surface area contributed by atoms with Crippen LogP contribution in [0.25, 0.3) is 0 Å². The van der Waals surface area contributed by atoms with E-state index in [1.807, 2.05) is 19.9 Å². The Morgan fingerprint density at radius 3 is 2.56 bits per heavy atom. The Morgan fingerprint density at radius 1 is 1.18 bits per heavy atom. The van der Waals surface area contributed by atoms with Gasteiger partial charge in [-0.25, -0.2) is 4.79 Å². The molecule has 0 radical (unpaired) electrons. The third kappa shape index (κ3) is 5.12. The van der Waals surface area contributed by atoms with E-state index in [2.05, 4.69) is 23.7 Å². The summed E-state index contributed by atoms with van der Waals surface area (Å²) >= 11 is 0. The van der Waals surface area contributed by atoms with Crippen LogP contribution in [0.15, 0.2) is 12.1 Å². The largest absolute Gasteiger partial charge is 0.482 e. The van der Waals surface area contributed by atoms with Gasteiger partial charge < -0.3 is 44.4 Å². The fourth-order valence-electron chi connectivity index (χ4n) is 11.4. The number of amides is 3. The van der Waals surface area contributed by atoms with E-state index in [0.29, 0.717) is 17.5 Å². The van der Waals surface area contributed by atoms with Gasteiger partial charge in [0.25, 0.3) is 0 Å². The number of likely N-dealkylation sites (N-methyl/N-ethyl adjacent to an activating group) is 2. The van der Waals surface area contributed by atoms with E-state index in [-0.39, 0.29) is 35.9 Å². The number of hydrogen-bond acceptors (Lipinski definition) is 8. The van der Waals surface area contributed by atoms with Gasteiger partial charge >= 0.3 is 12.1 Å². The number of fused-ring (bicyclic) bond motifs is 2. The van der Waals surface area contributed by atoms with Crippen molar-refractivity contribution >= 4 is 23.9 Å². The second-order valence-electron chi connectivity index (χ2n) is 16.9. The van der Waals surface area contributed by atoms with Gasteiger partial charge in [0.2, 0.25) is 11.8 Å². The van der Waals surface area contributed by atoms with Crippen LogP contribution in [0.2, 0.25) is 0 Å². The number of likely N-dealkylation sites (tertiary alicyclic amines) is 1. The Hall–Kier alpha value is -3.42. The molecule has 3 amide bonds. The summed E-state index contributed by atoms with van der Waals surface area (Å²) < 4.78 is 20.8. The van der Waals surface area contributed by atoms with Crippen LogP contribution < -0.4 is 20.1 Å². The Balaban J connectivity index is 1.17. The SMILES string of the molecule is CO[C@]12CC[C@@]3(C[C@@H]1C(C)(C)O)[C@@H]1Cc4ccc(OC(=O)N(C)CCNC(=O)[C@H](CC(=O)O)NC(C)=O)c5c4[C@@]3(CC[N+]1(C)CC1CC1)[C@H]2O5. The van der Waals surface area contributed by atoms with Crippen LogP contribution in [-0.2, 0) is 31.0 Å². The minimum atomic E-state index is -1.23. The van der Waals surface area contributed by atoms with Gasteiger partial charge in [-0.05, 0) is 57.6 Å². The van der Waals surface area contributed by atoms with E-state index in [9.17, 15) is 24.3 Å². The number of quaternary nitrogens is 1. The lowest BCUT2D eigenvalue weighted by atomic mass is 9.33. The number of rotatable bonds is 12. The summed E-state index contributed by atoms with van der Waals surface area (Å²) in [6.07, 6.45) is 5.61. The summed E-state index contributed by atoms with van der Waals surface area (Å²) in [4.78, 5) is 50.0. The number of hydrogen-bond donors (Lipinski definition) is 4. The Labute approximate surface area is 293 Å². The number of piperidine rings is 1. The highest BCUT2D eigenvalue weighted by Crippen LogP contribution is 2.78. The summed E-state index contributed by atoms with van der Waals surface area (Å²) in [5.41, 5.74) is 0.298. The third-order valence-corrected chi connectivity index (χ3v) is 13.5. The van der Waals surface area contributed by atoms with Gasteiger partial charge in [-0.1, -0.05) is 6.07 Å². The number of carboxylic acid groups (broad SMARTS) is 1. The van der Waals surface area contributed by atoms with Gasteiger partial charge in [0, 0.05) is 69.8 Å². The highest BCUT2D eigenvalue weighted by molar-refractivity contribution is 5.90. The second kappa shape index (κ2) is 11.8. The van der Waals surface area contributed by atoms with Crippen LogP contribution in [0.5, 0.6) is 11.5 Å². The smallest absolute Gasteiger partial charge is 0.415 e. The molecule has 5 aliphatic carbocycles. The Kier molecular flexibility index (Phi) is 8.27. The summed E-state index contributed by atoms with van der Waals surface area (Å²) in [7, 11) is 5.78. The Bertz CT molecular complexity index is 1590. The van der Waals surface area contributed by atoms with E-state index in [4.69, 9.17) is 19.3 Å². The maximum Gasteiger partial charge on any atom is 0.415 e. The zero-order chi connectivity index (χ0) is 36.0. The van der Waals surface area contributed by atoms with Crippen molar-refractivity contribution in [1.82, 2.24) is 15.5 Å². The normalized spacial score (nSPS) is 35.0. The van der Waals surface area contributed by atoms with Crippen LogP contribution in [0.3, 0.4) is 0 Å². The summed E-state index contributed by atoms with van der Waals surface area (Å²) in [6.45, 7) is 7.36. The first-order valence-electron chi connectivity index (χ1n) is 18.2. The molecule has 5 fully saturated rings. The van der Waals surface area contributed by atoms with Gasteiger partial charge in [-0.15, -0.1) is 0 Å². The monoisotopic (exact) mass is 697 g/mol. The number of nitrogens with zero attached hydrogens (tertiary/aromatic N) is 2. The van der Waals surface area contributed by atoms with E-state index in [1.165, 1.54) is 36.8 Å². The zero-order valence-corrected chi connectivity index (χ0v) is 30.2. The summed E-state index contributed by atoms with van der Waals surface area (Å²) in [5, 5.41) is 25.8. The molecule has 4 bridgehead atoms. The van der Waals surface area contributed by atoms with Crippen molar-refractivity contribution in [3.8, 4) is 11.5 Å². The number of carboxylic acids is 1. The zero-order valence-electron chi connectivity index (χ0n) is 30.2. The molecular weight excluding hydrogens is 644 g/mol. The van der Waals surface area contributed by atoms with Crippen molar-refractivity contribution in [2.24, 2.45) is 17.3 Å². The van der Waals surface area contributed by atoms with Crippen LogP contribution in [0, 0.1) is 17.3 Å². The maximum absolute atomic E-state index is 13.5. The number of ether oxygens (including phenoxy) is 3. The molecule has 1 saturated heterocycles. The summed E-state index contributed by atoms with van der Waals surface area (Å²) in [6, 6.07) is 3.11. The van der Waals surface area contributed by atoms with Gasteiger partial charge in [-0.3, -0.25) is 14.4 Å².